The van der Waals surface area contributed by atoms with E-state index in [1.807, 2.05) is 13.8 Å². The first-order chi connectivity index (χ1) is 13.3. The average molecular weight is 388 g/mol. The van der Waals surface area contributed by atoms with E-state index in [-0.39, 0.29) is 17.3 Å². The fourth-order valence-electron chi connectivity index (χ4n) is 2.54. The van der Waals surface area contributed by atoms with Crippen LogP contribution in [0.15, 0.2) is 36.7 Å². The summed E-state index contributed by atoms with van der Waals surface area (Å²) < 4.78 is 33.6. The van der Waals surface area contributed by atoms with E-state index < -0.39 is 29.6 Å². The third kappa shape index (κ3) is 3.98. The topological polar surface area (TPSA) is 86.1 Å². The second kappa shape index (κ2) is 7.71. The number of aromatic nitrogens is 3. The van der Waals surface area contributed by atoms with Crippen LogP contribution in [-0.2, 0) is 9.53 Å². The van der Waals surface area contributed by atoms with Crippen molar-refractivity contribution < 1.29 is 23.1 Å². The van der Waals surface area contributed by atoms with Crippen molar-refractivity contribution in [2.24, 2.45) is 0 Å². The average Bonchev–Trinajstić information content (AvgIpc) is 3.08. The quantitative estimate of drug-likeness (QED) is 0.677. The Balaban J connectivity index is 1.70. The Hall–Kier alpha value is -3.36. The van der Waals surface area contributed by atoms with E-state index in [0.717, 1.165) is 18.2 Å². The number of nitrogens with zero attached hydrogens (tertiary/aromatic N) is 3. The first-order valence-corrected chi connectivity index (χ1v) is 8.56. The van der Waals surface area contributed by atoms with Crippen molar-refractivity contribution in [3.8, 4) is 0 Å². The van der Waals surface area contributed by atoms with Crippen LogP contribution in [0.2, 0.25) is 0 Å². The molecule has 0 aliphatic heterocycles. The maximum absolute atomic E-state index is 13.6. The first kappa shape index (κ1) is 19.4. The normalized spacial score (nSPS) is 12.2. The van der Waals surface area contributed by atoms with E-state index in [1.54, 1.807) is 16.9 Å². The molecule has 2 aromatic heterocycles. The Bertz CT molecular complexity index is 1050. The van der Waals surface area contributed by atoms with Gasteiger partial charge in [0, 0.05) is 23.7 Å². The summed E-state index contributed by atoms with van der Waals surface area (Å²) in [4.78, 5) is 28.7. The van der Waals surface area contributed by atoms with E-state index in [9.17, 15) is 18.4 Å². The standard InChI is InChI=1S/C19H18F2N4O3/c1-10(2)25-17-12(9-23-25)6-13(8-22-17)19(27)28-11(3)18(26)24-16-7-14(20)4-5-15(16)21/h4-11H,1-3H3,(H,24,26). The van der Waals surface area contributed by atoms with E-state index in [1.165, 1.54) is 13.1 Å². The van der Waals surface area contributed by atoms with Crippen molar-refractivity contribution in [2.75, 3.05) is 5.32 Å². The van der Waals surface area contributed by atoms with Crippen molar-refractivity contribution >= 4 is 28.6 Å². The smallest absolute Gasteiger partial charge is 0.340 e. The third-order valence-corrected chi connectivity index (χ3v) is 4.00. The molecule has 9 heteroatoms. The van der Waals surface area contributed by atoms with Crippen LogP contribution in [-0.4, -0.2) is 32.7 Å². The number of nitrogens with one attached hydrogen (secondary N) is 1. The number of esters is 1. The molecule has 3 rings (SSSR count). The zero-order chi connectivity index (χ0) is 20.4. The molecule has 0 spiro atoms. The minimum atomic E-state index is -1.23. The zero-order valence-electron chi connectivity index (χ0n) is 15.4. The summed E-state index contributed by atoms with van der Waals surface area (Å²) in [6.07, 6.45) is 1.69. The molecular weight excluding hydrogens is 370 g/mol. The minimum Gasteiger partial charge on any atom is -0.449 e. The number of benzene rings is 1. The van der Waals surface area contributed by atoms with Gasteiger partial charge in [0.2, 0.25) is 0 Å². The van der Waals surface area contributed by atoms with Gasteiger partial charge in [0.15, 0.2) is 11.8 Å². The summed E-state index contributed by atoms with van der Waals surface area (Å²) >= 11 is 0. The van der Waals surface area contributed by atoms with Crippen LogP contribution in [0.1, 0.15) is 37.2 Å². The molecule has 0 fully saturated rings. The highest BCUT2D eigenvalue weighted by Crippen LogP contribution is 2.18. The monoisotopic (exact) mass is 388 g/mol. The molecular formula is C19H18F2N4O3. The van der Waals surface area contributed by atoms with Crippen molar-refractivity contribution in [3.05, 3.63) is 53.9 Å². The molecule has 0 aliphatic carbocycles. The number of hydrogen-bond donors (Lipinski definition) is 1. The fourth-order valence-corrected chi connectivity index (χ4v) is 2.54. The number of amides is 1. The molecule has 3 aromatic rings. The molecule has 7 nitrogen and oxygen atoms in total. The number of anilines is 1. The number of ether oxygens (including phenoxy) is 1. The molecule has 1 aromatic carbocycles. The molecule has 1 amide bonds. The highest BCUT2D eigenvalue weighted by Gasteiger charge is 2.21. The Kier molecular flexibility index (Phi) is 5.34. The van der Waals surface area contributed by atoms with Crippen LogP contribution in [0.25, 0.3) is 11.0 Å². The van der Waals surface area contributed by atoms with Gasteiger partial charge in [0.1, 0.15) is 11.6 Å². The Morgan fingerprint density at radius 2 is 1.89 bits per heavy atom. The van der Waals surface area contributed by atoms with Gasteiger partial charge in [-0.15, -0.1) is 0 Å². The molecule has 0 saturated carbocycles. The molecule has 0 radical (unpaired) electrons. The van der Waals surface area contributed by atoms with Crippen LogP contribution < -0.4 is 5.32 Å². The zero-order valence-corrected chi connectivity index (χ0v) is 15.4. The van der Waals surface area contributed by atoms with Crippen LogP contribution in [0.5, 0.6) is 0 Å². The van der Waals surface area contributed by atoms with Gasteiger partial charge in [-0.05, 0) is 39.0 Å². The molecule has 1 N–H and O–H groups in total. The third-order valence-electron chi connectivity index (χ3n) is 4.00. The Morgan fingerprint density at radius 3 is 2.61 bits per heavy atom. The van der Waals surface area contributed by atoms with Gasteiger partial charge < -0.3 is 10.1 Å². The second-order valence-electron chi connectivity index (χ2n) is 6.48. The van der Waals surface area contributed by atoms with Crippen molar-refractivity contribution in [3.63, 3.8) is 0 Å². The highest BCUT2D eigenvalue weighted by atomic mass is 19.1. The summed E-state index contributed by atoms with van der Waals surface area (Å²) in [7, 11) is 0. The molecule has 0 aliphatic rings. The molecule has 1 unspecified atom stereocenters. The molecule has 1 atom stereocenters. The van der Waals surface area contributed by atoms with Crippen LogP contribution in [0.4, 0.5) is 14.5 Å². The number of pyridine rings is 1. The summed E-state index contributed by atoms with van der Waals surface area (Å²) in [5, 5.41) is 7.07. The predicted molar refractivity (Wildman–Crippen MR) is 97.8 cm³/mol. The molecule has 0 saturated heterocycles. The van der Waals surface area contributed by atoms with Gasteiger partial charge in [-0.1, -0.05) is 0 Å². The lowest BCUT2D eigenvalue weighted by molar-refractivity contribution is -0.123. The lowest BCUT2D eigenvalue weighted by atomic mass is 10.2. The van der Waals surface area contributed by atoms with Crippen LogP contribution >= 0.6 is 0 Å². The number of halogens is 2. The second-order valence-corrected chi connectivity index (χ2v) is 6.48. The largest absolute Gasteiger partial charge is 0.449 e. The van der Waals surface area contributed by atoms with Gasteiger partial charge >= 0.3 is 5.97 Å². The minimum absolute atomic E-state index is 0.106. The SMILES string of the molecule is CC(OC(=O)c1cnc2c(cnn2C(C)C)c1)C(=O)Nc1cc(F)ccc1F. The maximum Gasteiger partial charge on any atom is 0.340 e. The lowest BCUT2D eigenvalue weighted by Crippen LogP contribution is -2.30. The van der Waals surface area contributed by atoms with Gasteiger partial charge in [0.05, 0.1) is 17.4 Å². The first-order valence-electron chi connectivity index (χ1n) is 8.56. The number of carbonyl (C=O) groups excluding carboxylic acids is 2. The summed E-state index contributed by atoms with van der Waals surface area (Å²) in [6.45, 7) is 5.24. The Morgan fingerprint density at radius 1 is 1.14 bits per heavy atom. The van der Waals surface area contributed by atoms with Gasteiger partial charge in [-0.3, -0.25) is 4.79 Å². The van der Waals surface area contributed by atoms with Crippen LogP contribution in [0.3, 0.4) is 0 Å². The predicted octanol–water partition coefficient (Wildman–Crippen LogP) is 3.47. The number of fused-ring (bicyclic) bond motifs is 1. The number of carbonyl (C=O) groups is 2. The van der Waals surface area contributed by atoms with Gasteiger partial charge in [-0.25, -0.2) is 23.2 Å². The summed E-state index contributed by atoms with van der Waals surface area (Å²) in [6, 6.07) is 4.33. The molecule has 146 valence electrons. The molecule has 0 bridgehead atoms. The number of hydrogen-bond acceptors (Lipinski definition) is 5. The molecule has 2 heterocycles. The summed E-state index contributed by atoms with van der Waals surface area (Å²) in [5.74, 6) is -3.07. The van der Waals surface area contributed by atoms with Crippen molar-refractivity contribution in [2.45, 2.75) is 32.9 Å². The summed E-state index contributed by atoms with van der Waals surface area (Å²) in [5.41, 5.74) is 0.434. The Labute approximate surface area is 159 Å². The van der Waals surface area contributed by atoms with E-state index in [4.69, 9.17) is 4.74 Å². The van der Waals surface area contributed by atoms with Gasteiger partial charge in [-0.2, -0.15) is 5.10 Å². The van der Waals surface area contributed by atoms with Crippen molar-refractivity contribution in [1.29, 1.82) is 0 Å². The van der Waals surface area contributed by atoms with E-state index in [0.29, 0.717) is 11.0 Å². The lowest BCUT2D eigenvalue weighted by Gasteiger charge is -2.14. The van der Waals surface area contributed by atoms with Crippen LogP contribution in [0, 0.1) is 11.6 Å². The fraction of sp³-hybridized carbons (Fsp3) is 0.263. The highest BCUT2D eigenvalue weighted by molar-refractivity contribution is 5.98. The van der Waals surface area contributed by atoms with Gasteiger partial charge in [0.25, 0.3) is 5.91 Å². The number of rotatable bonds is 5. The van der Waals surface area contributed by atoms with Crippen molar-refractivity contribution in [1.82, 2.24) is 14.8 Å². The maximum atomic E-state index is 13.6. The molecule has 28 heavy (non-hydrogen) atoms. The van der Waals surface area contributed by atoms with E-state index in [2.05, 4.69) is 15.4 Å². The van der Waals surface area contributed by atoms with E-state index >= 15 is 0 Å².